The Balaban J connectivity index is 1.87. The van der Waals surface area contributed by atoms with Crippen LogP contribution < -0.4 is 5.43 Å². The third-order valence-corrected chi connectivity index (χ3v) is 3.90. The molecule has 1 N–H and O–H groups in total. The van der Waals surface area contributed by atoms with Gasteiger partial charge in [0.2, 0.25) is 0 Å². The Morgan fingerprint density at radius 3 is 2.46 bits per heavy atom. The number of hydrogen-bond donors (Lipinski definition) is 1. The Bertz CT molecular complexity index is 179. The summed E-state index contributed by atoms with van der Waals surface area (Å²) in [6.07, 6.45) is 6.00. The number of hydrogen-bond acceptors (Lipinski definition) is 2. The standard InChI is InChI=1S/C11H22N2/c1-8(12-13(2)3)11-7-9-4-5-10(11)6-9/h8-12H,4-7H2,1-3H3. The van der Waals surface area contributed by atoms with E-state index in [9.17, 15) is 0 Å². The van der Waals surface area contributed by atoms with Crippen molar-refractivity contribution in [3.05, 3.63) is 0 Å². The minimum atomic E-state index is 0.672. The van der Waals surface area contributed by atoms with Gasteiger partial charge in [0.1, 0.15) is 0 Å². The maximum absolute atomic E-state index is 3.50. The molecule has 4 unspecified atom stereocenters. The average molecular weight is 182 g/mol. The summed E-state index contributed by atoms with van der Waals surface area (Å²) in [5.74, 6) is 3.05. The summed E-state index contributed by atoms with van der Waals surface area (Å²) in [7, 11) is 4.17. The average Bonchev–Trinajstić information content (AvgIpc) is 2.62. The van der Waals surface area contributed by atoms with Gasteiger partial charge in [-0.1, -0.05) is 6.42 Å². The van der Waals surface area contributed by atoms with E-state index < -0.39 is 0 Å². The second kappa shape index (κ2) is 3.58. The molecule has 76 valence electrons. The lowest BCUT2D eigenvalue weighted by molar-refractivity contribution is 0.169. The number of rotatable bonds is 3. The normalized spacial score (nSPS) is 40.2. The molecule has 0 aliphatic heterocycles. The first-order valence-corrected chi connectivity index (χ1v) is 5.60. The molecule has 2 fully saturated rings. The zero-order valence-electron chi connectivity index (χ0n) is 9.09. The van der Waals surface area contributed by atoms with E-state index in [1.165, 1.54) is 25.7 Å². The summed E-state index contributed by atoms with van der Waals surface area (Å²) in [5, 5.41) is 2.09. The Kier molecular flexibility index (Phi) is 2.61. The maximum Gasteiger partial charge on any atom is 0.0217 e. The molecule has 2 nitrogen and oxygen atoms in total. The first-order valence-electron chi connectivity index (χ1n) is 5.60. The van der Waals surface area contributed by atoms with E-state index in [1.807, 2.05) is 0 Å². The van der Waals surface area contributed by atoms with Gasteiger partial charge in [-0.15, -0.1) is 0 Å². The topological polar surface area (TPSA) is 15.3 Å². The predicted molar refractivity (Wildman–Crippen MR) is 55.2 cm³/mol. The summed E-state index contributed by atoms with van der Waals surface area (Å²) in [4.78, 5) is 0. The molecule has 0 radical (unpaired) electrons. The number of hydrazine groups is 1. The smallest absolute Gasteiger partial charge is 0.0217 e. The van der Waals surface area contributed by atoms with Crippen molar-refractivity contribution in [3.8, 4) is 0 Å². The lowest BCUT2D eigenvalue weighted by Crippen LogP contribution is -2.43. The molecule has 2 rings (SSSR count). The quantitative estimate of drug-likeness (QED) is 0.670. The van der Waals surface area contributed by atoms with Gasteiger partial charge in [0.25, 0.3) is 0 Å². The van der Waals surface area contributed by atoms with E-state index in [0.29, 0.717) is 6.04 Å². The van der Waals surface area contributed by atoms with Gasteiger partial charge in [0, 0.05) is 20.1 Å². The third-order valence-electron chi connectivity index (χ3n) is 3.90. The van der Waals surface area contributed by atoms with Crippen LogP contribution >= 0.6 is 0 Å². The molecule has 0 amide bonds. The number of nitrogens with one attached hydrogen (secondary N) is 1. The van der Waals surface area contributed by atoms with Crippen LogP contribution in [0, 0.1) is 17.8 Å². The van der Waals surface area contributed by atoms with Crippen LogP contribution in [0.25, 0.3) is 0 Å². The Hall–Kier alpha value is -0.0800. The van der Waals surface area contributed by atoms with Crippen LogP contribution in [0.3, 0.4) is 0 Å². The van der Waals surface area contributed by atoms with Crippen LogP contribution in [-0.2, 0) is 0 Å². The van der Waals surface area contributed by atoms with Gasteiger partial charge in [-0.05, 0) is 43.9 Å². The summed E-state index contributed by atoms with van der Waals surface area (Å²) in [5.41, 5.74) is 3.50. The largest absolute Gasteiger partial charge is 0.253 e. The summed E-state index contributed by atoms with van der Waals surface area (Å²) < 4.78 is 0. The molecule has 0 aromatic carbocycles. The molecule has 2 bridgehead atoms. The Morgan fingerprint density at radius 2 is 2.00 bits per heavy atom. The fourth-order valence-electron chi connectivity index (χ4n) is 3.41. The molecule has 2 heteroatoms. The van der Waals surface area contributed by atoms with Crippen molar-refractivity contribution >= 4 is 0 Å². The molecule has 0 heterocycles. The first-order chi connectivity index (χ1) is 6.16. The highest BCUT2D eigenvalue weighted by Crippen LogP contribution is 2.49. The summed E-state index contributed by atoms with van der Waals surface area (Å²) >= 11 is 0. The SMILES string of the molecule is CC(NN(C)C)C1CC2CCC1C2. The predicted octanol–water partition coefficient (Wildman–Crippen LogP) is 1.88. The van der Waals surface area contributed by atoms with E-state index in [2.05, 4.69) is 31.5 Å². The highest BCUT2D eigenvalue weighted by molar-refractivity contribution is 4.93. The number of nitrogens with zero attached hydrogens (tertiary/aromatic N) is 1. The van der Waals surface area contributed by atoms with E-state index >= 15 is 0 Å². The zero-order chi connectivity index (χ0) is 9.42. The van der Waals surface area contributed by atoms with Crippen LogP contribution in [0.4, 0.5) is 0 Å². The monoisotopic (exact) mass is 182 g/mol. The molecule has 2 saturated carbocycles. The van der Waals surface area contributed by atoms with Gasteiger partial charge < -0.3 is 0 Å². The molecule has 0 aromatic rings. The van der Waals surface area contributed by atoms with Gasteiger partial charge >= 0.3 is 0 Å². The van der Waals surface area contributed by atoms with Gasteiger partial charge in [-0.3, -0.25) is 10.4 Å². The highest BCUT2D eigenvalue weighted by Gasteiger charge is 2.41. The van der Waals surface area contributed by atoms with Crippen LogP contribution in [0.2, 0.25) is 0 Å². The molecular weight excluding hydrogens is 160 g/mol. The third kappa shape index (κ3) is 1.89. The van der Waals surface area contributed by atoms with Gasteiger partial charge in [0.15, 0.2) is 0 Å². The Morgan fingerprint density at radius 1 is 1.23 bits per heavy atom. The van der Waals surface area contributed by atoms with E-state index in [1.54, 1.807) is 0 Å². The van der Waals surface area contributed by atoms with Crippen LogP contribution in [-0.4, -0.2) is 25.1 Å². The van der Waals surface area contributed by atoms with Crippen molar-refractivity contribution in [2.75, 3.05) is 14.1 Å². The lowest BCUT2D eigenvalue weighted by atomic mass is 9.84. The minimum absolute atomic E-state index is 0.672. The van der Waals surface area contributed by atoms with Crippen molar-refractivity contribution in [2.45, 2.75) is 38.6 Å². The van der Waals surface area contributed by atoms with Gasteiger partial charge in [0.05, 0.1) is 0 Å². The van der Waals surface area contributed by atoms with Crippen molar-refractivity contribution in [1.29, 1.82) is 0 Å². The lowest BCUT2D eigenvalue weighted by Gasteiger charge is -2.30. The van der Waals surface area contributed by atoms with E-state index in [-0.39, 0.29) is 0 Å². The fraction of sp³-hybridized carbons (Fsp3) is 1.00. The van der Waals surface area contributed by atoms with Crippen molar-refractivity contribution in [3.63, 3.8) is 0 Å². The Labute approximate surface area is 81.7 Å². The van der Waals surface area contributed by atoms with Crippen LogP contribution in [0.15, 0.2) is 0 Å². The molecule has 4 atom stereocenters. The highest BCUT2D eigenvalue weighted by atomic mass is 15.5. The molecule has 2 aliphatic rings. The van der Waals surface area contributed by atoms with Crippen LogP contribution in [0.1, 0.15) is 32.6 Å². The fourth-order valence-corrected chi connectivity index (χ4v) is 3.41. The number of fused-ring (bicyclic) bond motifs is 2. The maximum atomic E-state index is 3.50. The molecule has 2 aliphatic carbocycles. The minimum Gasteiger partial charge on any atom is -0.253 e. The van der Waals surface area contributed by atoms with E-state index in [4.69, 9.17) is 0 Å². The summed E-state index contributed by atoms with van der Waals surface area (Å²) in [6, 6.07) is 0.672. The van der Waals surface area contributed by atoms with Gasteiger partial charge in [-0.25, -0.2) is 0 Å². The molecular formula is C11H22N2. The van der Waals surface area contributed by atoms with Crippen molar-refractivity contribution in [1.82, 2.24) is 10.4 Å². The summed E-state index contributed by atoms with van der Waals surface area (Å²) in [6.45, 7) is 2.34. The van der Waals surface area contributed by atoms with Gasteiger partial charge in [-0.2, -0.15) is 0 Å². The van der Waals surface area contributed by atoms with Crippen LogP contribution in [0.5, 0.6) is 0 Å². The molecule has 0 saturated heterocycles. The molecule has 13 heavy (non-hydrogen) atoms. The second-order valence-corrected chi connectivity index (χ2v) is 5.15. The molecule has 0 spiro atoms. The zero-order valence-corrected chi connectivity index (χ0v) is 9.09. The van der Waals surface area contributed by atoms with E-state index in [0.717, 1.165) is 17.8 Å². The van der Waals surface area contributed by atoms with Crippen molar-refractivity contribution < 1.29 is 0 Å². The molecule has 0 aromatic heterocycles. The van der Waals surface area contributed by atoms with Crippen molar-refractivity contribution in [2.24, 2.45) is 17.8 Å². The second-order valence-electron chi connectivity index (χ2n) is 5.15. The first kappa shape index (κ1) is 9.47.